The van der Waals surface area contributed by atoms with Gasteiger partial charge in [0.1, 0.15) is 12.2 Å². The summed E-state index contributed by atoms with van der Waals surface area (Å²) >= 11 is 0. The minimum absolute atomic E-state index is 0.164. The van der Waals surface area contributed by atoms with E-state index < -0.39 is 23.9 Å². The van der Waals surface area contributed by atoms with Crippen LogP contribution in [0.4, 0.5) is 9.59 Å². The summed E-state index contributed by atoms with van der Waals surface area (Å²) in [6.07, 6.45) is -1.44. The Hall–Kier alpha value is -2.28. The van der Waals surface area contributed by atoms with Gasteiger partial charge in [0.25, 0.3) is 0 Å². The number of carbonyl (C=O) groups is 2. The van der Waals surface area contributed by atoms with Crippen LogP contribution in [-0.2, 0) is 16.1 Å². The van der Waals surface area contributed by atoms with Gasteiger partial charge in [-0.2, -0.15) is 0 Å². The number of hydrogen-bond donors (Lipinski definition) is 2. The van der Waals surface area contributed by atoms with Crippen LogP contribution >= 0.6 is 0 Å². The van der Waals surface area contributed by atoms with Gasteiger partial charge in [0.15, 0.2) is 0 Å². The van der Waals surface area contributed by atoms with Crippen molar-refractivity contribution in [2.75, 3.05) is 13.1 Å². The first kappa shape index (κ1) is 19.1. The summed E-state index contributed by atoms with van der Waals surface area (Å²) in [6, 6.07) is 8.96. The van der Waals surface area contributed by atoms with E-state index >= 15 is 0 Å². The third-order valence-corrected chi connectivity index (χ3v) is 3.61. The summed E-state index contributed by atoms with van der Waals surface area (Å²) in [7, 11) is 0. The molecule has 1 fully saturated rings. The third kappa shape index (κ3) is 6.62. The van der Waals surface area contributed by atoms with Crippen LogP contribution in [-0.4, -0.2) is 53.0 Å². The second-order valence-corrected chi connectivity index (χ2v) is 7.18. The summed E-state index contributed by atoms with van der Waals surface area (Å²) in [4.78, 5) is 25.5. The number of alkyl carbamates (subject to hydrolysis) is 1. The summed E-state index contributed by atoms with van der Waals surface area (Å²) in [5.41, 5.74) is 0.272. The molecule has 0 spiro atoms. The predicted octanol–water partition coefficient (Wildman–Crippen LogP) is 2.28. The highest BCUT2D eigenvalue weighted by Gasteiger charge is 2.32. The van der Waals surface area contributed by atoms with Crippen molar-refractivity contribution in [3.63, 3.8) is 0 Å². The van der Waals surface area contributed by atoms with Gasteiger partial charge in [0.2, 0.25) is 0 Å². The first-order valence-electron chi connectivity index (χ1n) is 8.36. The fourth-order valence-corrected chi connectivity index (χ4v) is 2.58. The Morgan fingerprint density at radius 2 is 1.92 bits per heavy atom. The average molecular weight is 350 g/mol. The molecule has 2 amide bonds. The number of β-amino-alcohol motifs (C(OH)–C–C–N with tert-alkyl or cyclic N) is 1. The zero-order chi connectivity index (χ0) is 18.4. The Labute approximate surface area is 147 Å². The molecule has 7 nitrogen and oxygen atoms in total. The number of aliphatic hydroxyl groups excluding tert-OH is 1. The molecule has 1 aromatic rings. The monoisotopic (exact) mass is 350 g/mol. The number of benzene rings is 1. The fraction of sp³-hybridized carbons (Fsp3) is 0.556. The van der Waals surface area contributed by atoms with Gasteiger partial charge in [0.05, 0.1) is 18.7 Å². The van der Waals surface area contributed by atoms with E-state index in [4.69, 9.17) is 9.47 Å². The molecule has 138 valence electrons. The van der Waals surface area contributed by atoms with Gasteiger partial charge in [-0.1, -0.05) is 30.3 Å². The van der Waals surface area contributed by atoms with Crippen molar-refractivity contribution in [1.29, 1.82) is 0 Å². The van der Waals surface area contributed by atoms with E-state index in [1.165, 1.54) is 4.90 Å². The van der Waals surface area contributed by atoms with Crippen LogP contribution in [0.5, 0.6) is 0 Å². The van der Waals surface area contributed by atoms with Gasteiger partial charge in [0, 0.05) is 6.54 Å². The lowest BCUT2D eigenvalue weighted by atomic mass is 10.0. The van der Waals surface area contributed by atoms with Gasteiger partial charge in [-0.15, -0.1) is 0 Å². The number of nitrogens with zero attached hydrogens (tertiary/aromatic N) is 1. The van der Waals surface area contributed by atoms with E-state index in [-0.39, 0.29) is 25.7 Å². The largest absolute Gasteiger partial charge is 0.445 e. The Morgan fingerprint density at radius 3 is 2.56 bits per heavy atom. The van der Waals surface area contributed by atoms with Crippen molar-refractivity contribution in [3.8, 4) is 0 Å². The first-order valence-corrected chi connectivity index (χ1v) is 8.36. The highest BCUT2D eigenvalue weighted by atomic mass is 16.6. The average Bonchev–Trinajstić information content (AvgIpc) is 2.52. The van der Waals surface area contributed by atoms with Crippen LogP contribution in [0.15, 0.2) is 30.3 Å². The molecule has 2 atom stereocenters. The normalized spacial score (nSPS) is 20.7. The molecule has 0 aromatic heterocycles. The quantitative estimate of drug-likeness (QED) is 0.873. The number of rotatable bonds is 3. The van der Waals surface area contributed by atoms with E-state index in [0.717, 1.165) is 5.56 Å². The molecule has 0 bridgehead atoms. The number of likely N-dealkylation sites (tertiary alicyclic amines) is 1. The highest BCUT2D eigenvalue weighted by Crippen LogP contribution is 2.16. The number of aliphatic hydroxyl groups is 1. The second-order valence-electron chi connectivity index (χ2n) is 7.18. The molecule has 0 aliphatic carbocycles. The lowest BCUT2D eigenvalue weighted by molar-refractivity contribution is -0.00260. The minimum atomic E-state index is -0.722. The fourth-order valence-electron chi connectivity index (χ4n) is 2.58. The van der Waals surface area contributed by atoms with Gasteiger partial charge in [-0.25, -0.2) is 9.59 Å². The van der Waals surface area contributed by atoms with Crippen molar-refractivity contribution in [1.82, 2.24) is 10.2 Å². The van der Waals surface area contributed by atoms with Crippen LogP contribution in [0.1, 0.15) is 32.8 Å². The third-order valence-electron chi connectivity index (χ3n) is 3.61. The second kappa shape index (κ2) is 8.20. The summed E-state index contributed by atoms with van der Waals surface area (Å²) in [5, 5.41) is 12.7. The Kier molecular flexibility index (Phi) is 6.25. The Balaban J connectivity index is 1.84. The molecule has 25 heavy (non-hydrogen) atoms. The number of nitrogens with one attached hydrogen (secondary N) is 1. The molecule has 2 unspecified atom stereocenters. The lowest BCUT2D eigenvalue weighted by Gasteiger charge is -2.36. The van der Waals surface area contributed by atoms with Crippen LogP contribution in [0.3, 0.4) is 0 Å². The number of hydrogen-bond acceptors (Lipinski definition) is 5. The van der Waals surface area contributed by atoms with E-state index in [0.29, 0.717) is 6.42 Å². The smallest absolute Gasteiger partial charge is 0.410 e. The number of piperidine rings is 1. The number of carbonyl (C=O) groups excluding carboxylic acids is 2. The van der Waals surface area contributed by atoms with Gasteiger partial charge in [-0.05, 0) is 32.8 Å². The molecule has 2 N–H and O–H groups in total. The molecule has 0 radical (unpaired) electrons. The van der Waals surface area contributed by atoms with E-state index in [9.17, 15) is 14.7 Å². The van der Waals surface area contributed by atoms with Gasteiger partial charge >= 0.3 is 12.2 Å². The maximum absolute atomic E-state index is 12.1. The lowest BCUT2D eigenvalue weighted by Crippen LogP contribution is -2.55. The van der Waals surface area contributed by atoms with Crippen molar-refractivity contribution < 1.29 is 24.2 Å². The Morgan fingerprint density at radius 1 is 1.24 bits per heavy atom. The van der Waals surface area contributed by atoms with Crippen molar-refractivity contribution in [3.05, 3.63) is 35.9 Å². The molecule has 1 heterocycles. The molecular weight excluding hydrogens is 324 g/mol. The van der Waals surface area contributed by atoms with E-state index in [1.807, 2.05) is 30.3 Å². The first-order chi connectivity index (χ1) is 11.7. The van der Waals surface area contributed by atoms with Gasteiger partial charge < -0.3 is 24.8 Å². The van der Waals surface area contributed by atoms with E-state index in [1.54, 1.807) is 20.8 Å². The zero-order valence-corrected chi connectivity index (χ0v) is 14.9. The van der Waals surface area contributed by atoms with Crippen molar-refractivity contribution in [2.45, 2.75) is 51.5 Å². The van der Waals surface area contributed by atoms with Crippen LogP contribution in [0, 0.1) is 0 Å². The molecule has 1 aliphatic heterocycles. The molecule has 1 saturated heterocycles. The molecule has 2 rings (SSSR count). The summed E-state index contributed by atoms with van der Waals surface area (Å²) < 4.78 is 10.5. The highest BCUT2D eigenvalue weighted by molar-refractivity contribution is 5.70. The maximum Gasteiger partial charge on any atom is 0.410 e. The standard InChI is InChI=1S/C18H26N2O5/c1-18(2,3)25-17(23)20-10-14(9-15(21)11-20)19-16(22)24-12-13-7-5-4-6-8-13/h4-8,14-15,21H,9-12H2,1-3H3,(H,19,22). The van der Waals surface area contributed by atoms with Gasteiger partial charge in [-0.3, -0.25) is 0 Å². The predicted molar refractivity (Wildman–Crippen MR) is 92.0 cm³/mol. The molecule has 0 saturated carbocycles. The van der Waals surface area contributed by atoms with Crippen LogP contribution in [0.2, 0.25) is 0 Å². The SMILES string of the molecule is CC(C)(C)OC(=O)N1CC(O)CC(NC(=O)OCc2ccccc2)C1. The molecule has 7 heteroatoms. The number of amides is 2. The summed E-state index contributed by atoms with van der Waals surface area (Å²) in [6.45, 7) is 5.96. The van der Waals surface area contributed by atoms with Crippen molar-refractivity contribution >= 4 is 12.2 Å². The number of ether oxygens (including phenoxy) is 2. The zero-order valence-electron chi connectivity index (χ0n) is 14.9. The summed E-state index contributed by atoms with van der Waals surface area (Å²) in [5.74, 6) is 0. The maximum atomic E-state index is 12.1. The molecule has 1 aliphatic rings. The van der Waals surface area contributed by atoms with E-state index in [2.05, 4.69) is 5.32 Å². The minimum Gasteiger partial charge on any atom is -0.445 e. The molecule has 1 aromatic carbocycles. The van der Waals surface area contributed by atoms with Crippen LogP contribution in [0.25, 0.3) is 0 Å². The molecular formula is C18H26N2O5. The van der Waals surface area contributed by atoms with Crippen molar-refractivity contribution in [2.24, 2.45) is 0 Å². The van der Waals surface area contributed by atoms with Crippen LogP contribution < -0.4 is 5.32 Å². The topological polar surface area (TPSA) is 88.1 Å². The Bertz CT molecular complexity index is 585.